The molecule has 5 aliphatic rings. The maximum absolute atomic E-state index is 17.3. The van der Waals surface area contributed by atoms with E-state index in [4.69, 9.17) is 20.9 Å². The van der Waals surface area contributed by atoms with E-state index < -0.39 is 17.8 Å². The number of hydrogen-bond acceptors (Lipinski definition) is 9. The van der Waals surface area contributed by atoms with Gasteiger partial charge in [-0.1, -0.05) is 12.0 Å². The fourth-order valence-electron chi connectivity index (χ4n) is 8.73. The summed E-state index contributed by atoms with van der Waals surface area (Å²) >= 11 is 0. The van der Waals surface area contributed by atoms with Crippen LogP contribution in [0.1, 0.15) is 56.9 Å². The number of pyridine rings is 1. The number of fused-ring (bicyclic) bond motifs is 4. The van der Waals surface area contributed by atoms with Gasteiger partial charge in [0.2, 0.25) is 11.8 Å². The zero-order chi connectivity index (χ0) is 36.6. The number of rotatable bonds is 9. The number of methoxy groups -OCH3 is 1. The number of aromatic hydroxyl groups is 1. The molecule has 3 aliphatic heterocycles. The third kappa shape index (κ3) is 6.05. The van der Waals surface area contributed by atoms with Crippen molar-refractivity contribution in [2.24, 2.45) is 11.3 Å². The van der Waals surface area contributed by atoms with E-state index in [1.807, 2.05) is 0 Å². The lowest BCUT2D eigenvalue weighted by Crippen LogP contribution is -2.56. The summed E-state index contributed by atoms with van der Waals surface area (Å²) in [5, 5.41) is 11.6. The first-order valence-electron chi connectivity index (χ1n) is 18.6. The Labute approximate surface area is 305 Å². The molecule has 10 nitrogen and oxygen atoms in total. The summed E-state index contributed by atoms with van der Waals surface area (Å²) in [6.45, 7) is 3.46. The molecule has 1 N–H and O–H groups in total. The molecule has 5 fully saturated rings. The predicted octanol–water partition coefficient (Wildman–Crippen LogP) is 6.00. The van der Waals surface area contributed by atoms with Crippen LogP contribution in [0.2, 0.25) is 0 Å². The number of nitrogens with zero attached hydrogens (tertiary/aromatic N) is 6. The van der Waals surface area contributed by atoms with Crippen molar-refractivity contribution >= 4 is 33.4 Å². The number of piperazine rings is 1. The monoisotopic (exact) mass is 726 g/mol. The number of phenolic OH excluding ortho intramolecular Hbond substituents is 1. The first kappa shape index (κ1) is 34.0. The van der Waals surface area contributed by atoms with Crippen LogP contribution in [0.5, 0.6) is 17.6 Å². The third-order valence-corrected chi connectivity index (χ3v) is 11.9. The van der Waals surface area contributed by atoms with Crippen LogP contribution in [0.3, 0.4) is 0 Å². The van der Waals surface area contributed by atoms with E-state index in [9.17, 15) is 14.3 Å². The van der Waals surface area contributed by atoms with E-state index in [1.54, 1.807) is 0 Å². The van der Waals surface area contributed by atoms with Gasteiger partial charge in [0, 0.05) is 67.1 Å². The van der Waals surface area contributed by atoms with Gasteiger partial charge in [-0.2, -0.15) is 9.97 Å². The number of halogens is 3. The molecule has 9 rings (SSSR count). The minimum Gasteiger partial charge on any atom is -0.508 e. The zero-order valence-corrected chi connectivity index (χ0v) is 29.6. The van der Waals surface area contributed by atoms with Crippen molar-refractivity contribution in [3.63, 3.8) is 0 Å². The number of piperidine rings is 1. The summed E-state index contributed by atoms with van der Waals surface area (Å²) < 4.78 is 58.3. The van der Waals surface area contributed by atoms with Crippen molar-refractivity contribution in [2.75, 3.05) is 51.3 Å². The second kappa shape index (κ2) is 12.9. The molecule has 276 valence electrons. The molecular formula is C40H41F3N6O4. The molecule has 2 aromatic carbocycles. The van der Waals surface area contributed by atoms with Gasteiger partial charge in [0.1, 0.15) is 40.2 Å². The van der Waals surface area contributed by atoms with Crippen molar-refractivity contribution in [1.29, 1.82) is 0 Å². The van der Waals surface area contributed by atoms with Gasteiger partial charge in [-0.3, -0.25) is 4.79 Å². The van der Waals surface area contributed by atoms with Crippen molar-refractivity contribution < 1.29 is 32.5 Å². The maximum Gasteiger partial charge on any atom is 0.319 e. The Bertz CT molecular complexity index is 2160. The van der Waals surface area contributed by atoms with Crippen molar-refractivity contribution in [3.05, 3.63) is 41.5 Å². The van der Waals surface area contributed by atoms with Gasteiger partial charge in [0.15, 0.2) is 5.82 Å². The molecule has 2 bridgehead atoms. The number of hydrogen-bond donors (Lipinski definition) is 1. The number of anilines is 1. The molecule has 2 aliphatic carbocycles. The third-order valence-electron chi connectivity index (χ3n) is 11.9. The smallest absolute Gasteiger partial charge is 0.319 e. The molecule has 5 heterocycles. The van der Waals surface area contributed by atoms with Crippen LogP contribution in [0.25, 0.3) is 32.9 Å². The minimum absolute atomic E-state index is 0.0145. The van der Waals surface area contributed by atoms with Crippen molar-refractivity contribution in [2.45, 2.75) is 69.6 Å². The average molecular weight is 727 g/mol. The number of aromatic nitrogens is 3. The van der Waals surface area contributed by atoms with Crippen LogP contribution in [-0.4, -0.2) is 100 Å². The number of carbonyl (C=O) groups excluding carboxylic acids is 1. The van der Waals surface area contributed by atoms with Crippen LogP contribution in [0, 0.1) is 35.3 Å². The van der Waals surface area contributed by atoms with Crippen molar-refractivity contribution in [3.8, 4) is 41.2 Å². The Morgan fingerprint density at radius 2 is 1.75 bits per heavy atom. The molecule has 53 heavy (non-hydrogen) atoms. The van der Waals surface area contributed by atoms with E-state index in [0.717, 1.165) is 45.1 Å². The number of likely N-dealkylation sites (tertiary alicyclic amines) is 1. The van der Waals surface area contributed by atoms with Gasteiger partial charge in [0.05, 0.1) is 19.3 Å². The molecular weight excluding hydrogens is 685 g/mol. The summed E-state index contributed by atoms with van der Waals surface area (Å²) in [6, 6.07) is 5.35. The van der Waals surface area contributed by atoms with E-state index in [2.05, 4.69) is 30.6 Å². The van der Waals surface area contributed by atoms with Gasteiger partial charge >= 0.3 is 6.01 Å². The summed E-state index contributed by atoms with van der Waals surface area (Å²) in [5.74, 6) is 1.43. The molecule has 2 saturated carbocycles. The number of ether oxygens (including phenoxy) is 2. The van der Waals surface area contributed by atoms with Gasteiger partial charge in [-0.05, 0) is 75.0 Å². The highest BCUT2D eigenvalue weighted by Gasteiger charge is 2.48. The highest BCUT2D eigenvalue weighted by molar-refractivity contribution is 6.04. The van der Waals surface area contributed by atoms with Crippen molar-refractivity contribution in [1.82, 2.24) is 24.8 Å². The highest BCUT2D eigenvalue weighted by atomic mass is 19.1. The molecule has 2 unspecified atom stereocenters. The number of carbonyl (C=O) groups is 1. The Kier molecular flexibility index (Phi) is 8.29. The first-order valence-corrected chi connectivity index (χ1v) is 18.6. The summed E-state index contributed by atoms with van der Waals surface area (Å²) in [4.78, 5) is 33.9. The molecule has 2 aromatic heterocycles. The van der Waals surface area contributed by atoms with E-state index in [0.29, 0.717) is 56.8 Å². The lowest BCUT2D eigenvalue weighted by atomic mass is 9.95. The lowest BCUT2D eigenvalue weighted by Gasteiger charge is -2.42. The lowest BCUT2D eigenvalue weighted by molar-refractivity contribution is -0.135. The summed E-state index contributed by atoms with van der Waals surface area (Å²) in [7, 11) is 1.42. The Hall–Kier alpha value is -4.83. The van der Waals surface area contributed by atoms with Gasteiger partial charge < -0.3 is 29.3 Å². The summed E-state index contributed by atoms with van der Waals surface area (Å²) in [6.07, 6.45) is 11.5. The number of alkyl halides is 1. The second-order valence-corrected chi connectivity index (χ2v) is 15.5. The first-order chi connectivity index (χ1) is 25.6. The number of benzene rings is 2. The average Bonchev–Trinajstić information content (AvgIpc) is 4.10. The molecule has 4 aromatic rings. The zero-order valence-electron chi connectivity index (χ0n) is 29.6. The fourth-order valence-corrected chi connectivity index (χ4v) is 8.73. The van der Waals surface area contributed by atoms with Crippen LogP contribution in [0.15, 0.2) is 24.3 Å². The second-order valence-electron chi connectivity index (χ2n) is 15.5. The minimum atomic E-state index is -0.839. The largest absolute Gasteiger partial charge is 0.508 e. The Morgan fingerprint density at radius 3 is 2.42 bits per heavy atom. The van der Waals surface area contributed by atoms with Gasteiger partial charge in [0.25, 0.3) is 0 Å². The fraction of sp³-hybridized carbons (Fsp3) is 0.500. The molecule has 0 radical (unpaired) electrons. The van der Waals surface area contributed by atoms with E-state index >= 15 is 8.78 Å². The molecule has 2 atom stereocenters. The Balaban J connectivity index is 1.15. The van der Waals surface area contributed by atoms with Crippen LogP contribution in [-0.2, 0) is 4.79 Å². The molecule has 3 saturated heterocycles. The van der Waals surface area contributed by atoms with Crippen LogP contribution in [0.4, 0.5) is 19.0 Å². The van der Waals surface area contributed by atoms with Gasteiger partial charge in [-0.15, -0.1) is 6.42 Å². The van der Waals surface area contributed by atoms with Crippen LogP contribution < -0.4 is 14.4 Å². The van der Waals surface area contributed by atoms with E-state index in [1.165, 1.54) is 31.4 Å². The topological polar surface area (TPSA) is 104 Å². The number of amides is 1. The SMILES string of the molecule is C#Cc1c(F)ccc2cc(O)cc(-c3nc(OC)c4c(N5CC6CCC(C5)N6C(=O)C5CC5)nc(OCC5(CN6CCC(F)CC6)CC5)nc4c3F)c12. The highest BCUT2D eigenvalue weighted by Crippen LogP contribution is 2.48. The normalized spacial score (nSPS) is 22.7. The van der Waals surface area contributed by atoms with Gasteiger partial charge in [-0.25, -0.2) is 18.2 Å². The summed E-state index contributed by atoms with van der Waals surface area (Å²) in [5.41, 5.74) is -0.494. The molecule has 13 heteroatoms. The number of phenols is 1. The standard InChI is InChI=1S/C40H41F3N6O4/c1-3-28-30(42)9-6-23-16-27(50)17-29(31(23)28)34-33(43)35-32(37(44-34)52-2)36(48-18-25-7-8-26(19-48)49(25)38(51)22-4-5-22)46-39(45-35)53-21-40(12-13-40)20-47-14-10-24(41)11-15-47/h1,6,9,16-17,22,24-26,50H,4-5,7-8,10-15,18-21H2,2H3. The van der Waals surface area contributed by atoms with E-state index in [-0.39, 0.29) is 80.1 Å². The maximum atomic E-state index is 17.3. The quantitative estimate of drug-likeness (QED) is 0.208. The predicted molar refractivity (Wildman–Crippen MR) is 193 cm³/mol. The number of terminal acetylenes is 1. The Morgan fingerprint density at radius 1 is 1.02 bits per heavy atom. The molecule has 0 spiro atoms. The molecule has 1 amide bonds. The van der Waals surface area contributed by atoms with Crippen LogP contribution >= 0.6 is 0 Å².